The summed E-state index contributed by atoms with van der Waals surface area (Å²) in [7, 11) is 0. The lowest BCUT2D eigenvalue weighted by molar-refractivity contribution is -0.387. The van der Waals surface area contributed by atoms with Crippen molar-refractivity contribution < 1.29 is 18.5 Å². The van der Waals surface area contributed by atoms with Crippen molar-refractivity contribution in [2.75, 3.05) is 0 Å². The Bertz CT molecular complexity index is 346. The predicted octanol–water partition coefficient (Wildman–Crippen LogP) is 1.84. The molecule has 0 heterocycles. The number of rotatable bonds is 2. The van der Waals surface area contributed by atoms with Crippen molar-refractivity contribution in [1.82, 2.24) is 0 Å². The van der Waals surface area contributed by atoms with E-state index in [9.17, 15) is 23.7 Å². The van der Waals surface area contributed by atoms with Crippen molar-refractivity contribution in [3.8, 4) is 0 Å². The van der Waals surface area contributed by atoms with Crippen molar-refractivity contribution in [1.29, 1.82) is 0 Å². The van der Waals surface area contributed by atoms with Crippen molar-refractivity contribution in [3.05, 3.63) is 39.7 Å². The largest absolute Gasteiger partial charge is 0.335 e. The number of halogens is 2. The highest BCUT2D eigenvalue weighted by Gasteiger charge is 2.20. The van der Waals surface area contributed by atoms with Gasteiger partial charge in [0.15, 0.2) is 0 Å². The van der Waals surface area contributed by atoms with Crippen LogP contribution in [0, 0.1) is 15.9 Å². The number of benzene rings is 1. The van der Waals surface area contributed by atoms with E-state index in [4.69, 9.17) is 0 Å². The molecule has 1 aromatic rings. The third kappa shape index (κ3) is 1.66. The summed E-state index contributed by atoms with van der Waals surface area (Å²) in [5.41, 5.74) is -1.84. The number of nitrogens with zero attached hydrogens (tertiary/aromatic N) is 1. The predicted molar refractivity (Wildman–Crippen MR) is 38.5 cm³/mol. The second-order valence-corrected chi connectivity index (χ2v) is 2.17. The number of carbonyl (C=O) groups excluding carboxylic acids is 1. The van der Waals surface area contributed by atoms with Crippen LogP contribution in [0.5, 0.6) is 0 Å². The van der Waals surface area contributed by atoms with Gasteiger partial charge in [-0.15, -0.1) is 0 Å². The fraction of sp³-hybridized carbons (Fsp3) is 0. The van der Waals surface area contributed by atoms with Crippen LogP contribution in [0.4, 0.5) is 14.5 Å². The van der Waals surface area contributed by atoms with Gasteiger partial charge in [0.05, 0.1) is 10.5 Å². The Morgan fingerprint density at radius 1 is 1.46 bits per heavy atom. The lowest BCUT2D eigenvalue weighted by Gasteiger charge is -1.95. The van der Waals surface area contributed by atoms with E-state index in [1.807, 2.05) is 0 Å². The summed E-state index contributed by atoms with van der Waals surface area (Å²) in [4.78, 5) is 19.2. The fourth-order valence-corrected chi connectivity index (χ4v) is 0.813. The average molecular weight is 187 g/mol. The SMILES string of the molecule is O=C(F)c1cccc([N+](=O)[O-])c1F. The number of nitro benzene ring substituents is 1. The molecule has 0 unspecified atom stereocenters. The van der Waals surface area contributed by atoms with E-state index in [0.29, 0.717) is 0 Å². The zero-order valence-corrected chi connectivity index (χ0v) is 6.16. The first-order chi connectivity index (χ1) is 6.04. The minimum atomic E-state index is -2.03. The van der Waals surface area contributed by atoms with Crippen LogP contribution in [-0.4, -0.2) is 11.0 Å². The number of hydrogen-bond acceptors (Lipinski definition) is 3. The molecule has 4 nitrogen and oxygen atoms in total. The Hall–Kier alpha value is -1.85. The summed E-state index contributed by atoms with van der Waals surface area (Å²) in [5.74, 6) is -1.44. The maximum absolute atomic E-state index is 12.9. The van der Waals surface area contributed by atoms with Gasteiger partial charge in [-0.2, -0.15) is 8.78 Å². The van der Waals surface area contributed by atoms with Crippen molar-refractivity contribution >= 4 is 11.7 Å². The van der Waals surface area contributed by atoms with Gasteiger partial charge >= 0.3 is 11.7 Å². The first kappa shape index (κ1) is 9.24. The van der Waals surface area contributed by atoms with Gasteiger partial charge in [-0.3, -0.25) is 14.9 Å². The van der Waals surface area contributed by atoms with Crippen LogP contribution in [0.3, 0.4) is 0 Å². The molecule has 13 heavy (non-hydrogen) atoms. The number of nitro groups is 1. The van der Waals surface area contributed by atoms with Crippen LogP contribution < -0.4 is 0 Å². The van der Waals surface area contributed by atoms with Gasteiger partial charge in [-0.1, -0.05) is 6.07 Å². The van der Waals surface area contributed by atoms with E-state index in [1.54, 1.807) is 0 Å². The minimum absolute atomic E-state index is 0.838. The molecule has 0 N–H and O–H groups in total. The molecule has 0 aliphatic heterocycles. The van der Waals surface area contributed by atoms with Crippen LogP contribution in [0.15, 0.2) is 18.2 Å². The second-order valence-electron chi connectivity index (χ2n) is 2.17. The van der Waals surface area contributed by atoms with Crippen LogP contribution in [0.1, 0.15) is 10.4 Å². The molecule has 0 amide bonds. The molecule has 0 aliphatic carbocycles. The van der Waals surface area contributed by atoms with Gasteiger partial charge < -0.3 is 0 Å². The van der Waals surface area contributed by atoms with Gasteiger partial charge in [-0.05, 0) is 6.07 Å². The van der Waals surface area contributed by atoms with E-state index >= 15 is 0 Å². The zero-order valence-electron chi connectivity index (χ0n) is 6.16. The minimum Gasteiger partial charge on any atom is -0.258 e. The van der Waals surface area contributed by atoms with Crippen molar-refractivity contribution in [2.24, 2.45) is 0 Å². The second kappa shape index (κ2) is 3.26. The highest BCUT2D eigenvalue weighted by molar-refractivity contribution is 5.89. The molecule has 1 rings (SSSR count). The molecular weight excluding hydrogens is 184 g/mol. The Kier molecular flexibility index (Phi) is 2.32. The third-order valence-corrected chi connectivity index (χ3v) is 1.39. The first-order valence-electron chi connectivity index (χ1n) is 3.16. The Morgan fingerprint density at radius 3 is 2.54 bits per heavy atom. The molecule has 0 fully saturated rings. The monoisotopic (exact) mass is 187 g/mol. The summed E-state index contributed by atoms with van der Waals surface area (Å²) >= 11 is 0. The van der Waals surface area contributed by atoms with E-state index in [2.05, 4.69) is 0 Å². The Labute approximate surface area is 70.9 Å². The van der Waals surface area contributed by atoms with Crippen LogP contribution in [0.25, 0.3) is 0 Å². The molecule has 0 radical (unpaired) electrons. The topological polar surface area (TPSA) is 60.2 Å². The smallest absolute Gasteiger partial charge is 0.258 e. The third-order valence-electron chi connectivity index (χ3n) is 1.39. The lowest BCUT2D eigenvalue weighted by atomic mass is 10.2. The molecule has 1 aromatic carbocycles. The lowest BCUT2D eigenvalue weighted by Crippen LogP contribution is -2.00. The fourth-order valence-electron chi connectivity index (χ4n) is 0.813. The van der Waals surface area contributed by atoms with E-state index in [0.717, 1.165) is 18.2 Å². The molecule has 0 bridgehead atoms. The summed E-state index contributed by atoms with van der Waals surface area (Å²) in [5, 5.41) is 10.1. The summed E-state index contributed by atoms with van der Waals surface area (Å²) in [6, 6.07) is 0.696. The van der Waals surface area contributed by atoms with E-state index in [-0.39, 0.29) is 0 Å². The number of hydrogen-bond donors (Lipinski definition) is 0. The van der Waals surface area contributed by atoms with Crippen molar-refractivity contribution in [2.45, 2.75) is 0 Å². The molecule has 0 saturated carbocycles. The maximum Gasteiger partial charge on any atom is 0.335 e. The van der Waals surface area contributed by atoms with Crippen LogP contribution in [-0.2, 0) is 0 Å². The Balaban J connectivity index is 3.35. The highest BCUT2D eigenvalue weighted by Crippen LogP contribution is 2.20. The molecule has 0 aliphatic rings. The molecule has 0 saturated heterocycles. The summed E-state index contributed by atoms with van der Waals surface area (Å²) in [6.07, 6.45) is 0. The molecule has 68 valence electrons. The molecule has 0 aromatic heterocycles. The van der Waals surface area contributed by atoms with Gasteiger partial charge in [0.25, 0.3) is 0 Å². The quantitative estimate of drug-likeness (QED) is 0.403. The summed E-state index contributed by atoms with van der Waals surface area (Å²) in [6.45, 7) is 0. The molecule has 0 spiro atoms. The van der Waals surface area contributed by atoms with Crippen molar-refractivity contribution in [3.63, 3.8) is 0 Å². The maximum atomic E-state index is 12.9. The Morgan fingerprint density at radius 2 is 2.08 bits per heavy atom. The molecule has 6 heteroatoms. The van der Waals surface area contributed by atoms with E-state index < -0.39 is 28.0 Å². The highest BCUT2D eigenvalue weighted by atomic mass is 19.1. The number of carbonyl (C=O) groups is 1. The molecular formula is C7H3F2NO3. The van der Waals surface area contributed by atoms with Gasteiger partial charge in [0.2, 0.25) is 5.82 Å². The molecule has 0 atom stereocenters. The first-order valence-corrected chi connectivity index (χ1v) is 3.16. The van der Waals surface area contributed by atoms with Gasteiger partial charge in [0, 0.05) is 6.07 Å². The van der Waals surface area contributed by atoms with Gasteiger partial charge in [0.1, 0.15) is 0 Å². The van der Waals surface area contributed by atoms with Crippen LogP contribution >= 0.6 is 0 Å². The van der Waals surface area contributed by atoms with Gasteiger partial charge in [-0.25, -0.2) is 0 Å². The summed E-state index contributed by atoms with van der Waals surface area (Å²) < 4.78 is 24.9. The van der Waals surface area contributed by atoms with E-state index in [1.165, 1.54) is 0 Å². The van der Waals surface area contributed by atoms with Crippen LogP contribution in [0.2, 0.25) is 0 Å². The standard InChI is InChI=1S/C7H3F2NO3/c8-6-4(7(9)11)2-1-3-5(6)10(12)13/h1-3H. The average Bonchev–Trinajstić information content (AvgIpc) is 2.03. The zero-order chi connectivity index (χ0) is 10.0. The normalized spacial score (nSPS) is 9.69.